The summed E-state index contributed by atoms with van der Waals surface area (Å²) in [4.78, 5) is 29.5. The Hall–Kier alpha value is -2.91. The molecule has 0 aliphatic carbocycles. The number of nitrogens with two attached hydrogens (primary N) is 1. The largest absolute Gasteiger partial charge is 0.365 e. The summed E-state index contributed by atoms with van der Waals surface area (Å²) in [5.74, 6) is -0.204. The van der Waals surface area contributed by atoms with Gasteiger partial charge in [0.15, 0.2) is 0 Å². The van der Waals surface area contributed by atoms with E-state index in [4.69, 9.17) is 5.14 Å². The molecule has 32 heavy (non-hydrogen) atoms. The molecule has 0 spiro atoms. The Morgan fingerprint density at radius 1 is 1.03 bits per heavy atom. The fraction of sp³-hybridized carbons (Fsp3) is 0.391. The van der Waals surface area contributed by atoms with Gasteiger partial charge in [-0.3, -0.25) is 9.59 Å². The fourth-order valence-corrected chi connectivity index (χ4v) is 4.97. The summed E-state index contributed by atoms with van der Waals surface area (Å²) < 4.78 is 22.6. The van der Waals surface area contributed by atoms with Gasteiger partial charge in [0.25, 0.3) is 0 Å². The highest BCUT2D eigenvalue weighted by Crippen LogP contribution is 2.39. The fourth-order valence-electron chi connectivity index (χ4n) is 4.46. The first kappa shape index (κ1) is 22.3. The topological polar surface area (TPSA) is 113 Å². The van der Waals surface area contributed by atoms with Crippen LogP contribution in [0.1, 0.15) is 31.2 Å². The van der Waals surface area contributed by atoms with E-state index in [0.717, 1.165) is 36.3 Å². The predicted molar refractivity (Wildman–Crippen MR) is 123 cm³/mol. The first-order valence-electron chi connectivity index (χ1n) is 10.9. The SMILES string of the molecule is NS(=O)(=O)c1ccc(CCNC(=O)CCC(=O)N2CC3CCCN3c3ccccc32)cc1. The Morgan fingerprint density at radius 2 is 1.75 bits per heavy atom. The number of carbonyl (C=O) groups is 2. The lowest BCUT2D eigenvalue weighted by Gasteiger charge is -2.40. The number of primary sulfonamides is 1. The minimum absolute atomic E-state index is 0.0299. The van der Waals surface area contributed by atoms with E-state index in [1.165, 1.54) is 12.1 Å². The van der Waals surface area contributed by atoms with Crippen molar-refractivity contribution in [2.24, 2.45) is 5.14 Å². The van der Waals surface area contributed by atoms with Crippen molar-refractivity contribution >= 4 is 33.2 Å². The van der Waals surface area contributed by atoms with Gasteiger partial charge in [-0.2, -0.15) is 0 Å². The van der Waals surface area contributed by atoms with Gasteiger partial charge in [0.05, 0.1) is 16.3 Å². The number of hydrogen-bond acceptors (Lipinski definition) is 5. The average molecular weight is 457 g/mol. The molecule has 1 saturated heterocycles. The van der Waals surface area contributed by atoms with E-state index in [1.807, 2.05) is 23.1 Å². The molecule has 2 amide bonds. The summed E-state index contributed by atoms with van der Waals surface area (Å²) in [6.07, 6.45) is 3.07. The number of nitrogens with zero attached hydrogens (tertiary/aromatic N) is 2. The molecule has 2 aromatic rings. The molecular formula is C23H28N4O4S. The van der Waals surface area contributed by atoms with Crippen LogP contribution in [0.2, 0.25) is 0 Å². The molecule has 4 rings (SSSR count). The molecular weight excluding hydrogens is 428 g/mol. The lowest BCUT2D eigenvalue weighted by molar-refractivity contribution is -0.125. The monoisotopic (exact) mass is 456 g/mol. The van der Waals surface area contributed by atoms with Gasteiger partial charge < -0.3 is 15.1 Å². The second kappa shape index (κ2) is 9.30. The minimum Gasteiger partial charge on any atom is -0.365 e. The van der Waals surface area contributed by atoms with Gasteiger partial charge in [0.1, 0.15) is 0 Å². The van der Waals surface area contributed by atoms with Crippen LogP contribution in [0.25, 0.3) is 0 Å². The van der Waals surface area contributed by atoms with Crippen molar-refractivity contribution in [3.05, 3.63) is 54.1 Å². The van der Waals surface area contributed by atoms with Gasteiger partial charge in [0.2, 0.25) is 21.8 Å². The van der Waals surface area contributed by atoms with Crippen LogP contribution < -0.4 is 20.3 Å². The molecule has 8 nitrogen and oxygen atoms in total. The zero-order chi connectivity index (χ0) is 22.7. The number of nitrogens with one attached hydrogen (secondary N) is 1. The molecule has 0 bridgehead atoms. The van der Waals surface area contributed by atoms with E-state index >= 15 is 0 Å². The maximum Gasteiger partial charge on any atom is 0.238 e. The van der Waals surface area contributed by atoms with E-state index in [9.17, 15) is 18.0 Å². The van der Waals surface area contributed by atoms with Crippen molar-refractivity contribution in [1.29, 1.82) is 0 Å². The first-order valence-corrected chi connectivity index (χ1v) is 12.4. The number of para-hydroxylation sites is 2. The third-order valence-electron chi connectivity index (χ3n) is 6.11. The average Bonchev–Trinajstić information content (AvgIpc) is 3.26. The Morgan fingerprint density at radius 3 is 2.47 bits per heavy atom. The normalized spacial score (nSPS) is 17.6. The Bertz CT molecular complexity index is 1100. The zero-order valence-electron chi connectivity index (χ0n) is 17.9. The molecule has 170 valence electrons. The summed E-state index contributed by atoms with van der Waals surface area (Å²) in [5.41, 5.74) is 2.92. The van der Waals surface area contributed by atoms with Gasteiger partial charge >= 0.3 is 0 Å². The number of hydrogen-bond donors (Lipinski definition) is 2. The molecule has 0 saturated carbocycles. The summed E-state index contributed by atoms with van der Waals surface area (Å²) in [7, 11) is -3.71. The van der Waals surface area contributed by atoms with Gasteiger partial charge in [0, 0.05) is 38.5 Å². The second-order valence-corrected chi connectivity index (χ2v) is 9.83. The molecule has 0 radical (unpaired) electrons. The Kier molecular flexibility index (Phi) is 6.48. The lowest BCUT2D eigenvalue weighted by atomic mass is 10.1. The molecule has 1 unspecified atom stereocenters. The van der Waals surface area contributed by atoms with E-state index in [-0.39, 0.29) is 29.6 Å². The second-order valence-electron chi connectivity index (χ2n) is 8.27. The van der Waals surface area contributed by atoms with Crippen molar-refractivity contribution in [3.8, 4) is 0 Å². The van der Waals surface area contributed by atoms with Crippen LogP contribution in [-0.4, -0.2) is 45.9 Å². The maximum absolute atomic E-state index is 12.9. The molecule has 2 aromatic carbocycles. The van der Waals surface area contributed by atoms with Crippen LogP contribution in [0, 0.1) is 0 Å². The van der Waals surface area contributed by atoms with Crippen molar-refractivity contribution < 1.29 is 18.0 Å². The van der Waals surface area contributed by atoms with Crippen LogP contribution >= 0.6 is 0 Å². The number of fused-ring (bicyclic) bond motifs is 3. The number of amides is 2. The zero-order valence-corrected chi connectivity index (χ0v) is 18.7. The van der Waals surface area contributed by atoms with Crippen molar-refractivity contribution in [1.82, 2.24) is 5.32 Å². The van der Waals surface area contributed by atoms with E-state index in [0.29, 0.717) is 25.6 Å². The number of carbonyl (C=O) groups excluding carboxylic acids is 2. The van der Waals surface area contributed by atoms with Crippen molar-refractivity contribution in [3.63, 3.8) is 0 Å². The molecule has 3 N–H and O–H groups in total. The van der Waals surface area contributed by atoms with Crippen LogP contribution in [0.4, 0.5) is 11.4 Å². The third-order valence-corrected chi connectivity index (χ3v) is 7.04. The Labute approximate surface area is 188 Å². The third kappa shape index (κ3) is 4.94. The predicted octanol–water partition coefficient (Wildman–Crippen LogP) is 1.79. The quantitative estimate of drug-likeness (QED) is 0.660. The molecule has 2 aliphatic rings. The van der Waals surface area contributed by atoms with Gasteiger partial charge in [-0.1, -0.05) is 24.3 Å². The molecule has 1 fully saturated rings. The summed E-state index contributed by atoms with van der Waals surface area (Å²) in [6.45, 7) is 2.11. The highest BCUT2D eigenvalue weighted by atomic mass is 32.2. The molecule has 2 aliphatic heterocycles. The number of rotatable bonds is 7. The molecule has 9 heteroatoms. The first-order chi connectivity index (χ1) is 15.3. The van der Waals surface area contributed by atoms with Crippen molar-refractivity contribution in [2.75, 3.05) is 29.4 Å². The smallest absolute Gasteiger partial charge is 0.238 e. The highest BCUT2D eigenvalue weighted by molar-refractivity contribution is 7.89. The van der Waals surface area contributed by atoms with Crippen LogP contribution in [0.5, 0.6) is 0 Å². The number of anilines is 2. The molecule has 0 aromatic heterocycles. The van der Waals surface area contributed by atoms with Crippen molar-refractivity contribution in [2.45, 2.75) is 43.0 Å². The molecule has 1 atom stereocenters. The van der Waals surface area contributed by atoms with Gasteiger partial charge in [-0.15, -0.1) is 0 Å². The van der Waals surface area contributed by atoms with Gasteiger partial charge in [-0.25, -0.2) is 13.6 Å². The van der Waals surface area contributed by atoms with Gasteiger partial charge in [-0.05, 0) is 49.1 Å². The number of sulfonamides is 1. The highest BCUT2D eigenvalue weighted by Gasteiger charge is 2.35. The van der Waals surface area contributed by atoms with E-state index in [1.54, 1.807) is 12.1 Å². The Balaban J connectivity index is 1.26. The standard InChI is InChI=1S/C23H28N4O4S/c24-32(30,31)19-9-7-17(8-10-19)13-14-25-22(28)11-12-23(29)27-16-18-4-3-15-26(18)20-5-1-2-6-21(20)27/h1-2,5-10,18H,3-4,11-16H2,(H,25,28)(H2,24,30,31). The summed E-state index contributed by atoms with van der Waals surface area (Å²) in [6, 6.07) is 14.6. The van der Waals surface area contributed by atoms with Crippen LogP contribution in [0.15, 0.2) is 53.4 Å². The van der Waals surface area contributed by atoms with Crippen LogP contribution in [-0.2, 0) is 26.0 Å². The maximum atomic E-state index is 12.9. The van der Waals surface area contributed by atoms with E-state index < -0.39 is 10.0 Å². The number of benzene rings is 2. The summed E-state index contributed by atoms with van der Waals surface area (Å²) in [5, 5.41) is 7.92. The summed E-state index contributed by atoms with van der Waals surface area (Å²) >= 11 is 0. The molecule has 2 heterocycles. The van der Waals surface area contributed by atoms with E-state index in [2.05, 4.69) is 16.3 Å². The lowest BCUT2D eigenvalue weighted by Crippen LogP contribution is -2.48. The van der Waals surface area contributed by atoms with Crippen LogP contribution in [0.3, 0.4) is 0 Å². The minimum atomic E-state index is -3.71.